The first-order chi connectivity index (χ1) is 22.7. The Morgan fingerprint density at radius 1 is 0.915 bits per heavy atom. The molecule has 244 valence electrons. The van der Waals surface area contributed by atoms with Crippen molar-refractivity contribution in [2.75, 3.05) is 37.6 Å². The molecule has 0 bridgehead atoms. The van der Waals surface area contributed by atoms with Gasteiger partial charge in [-0.1, -0.05) is 60.2 Å². The maximum Gasteiger partial charge on any atom is 0.257 e. The third kappa shape index (κ3) is 6.91. The van der Waals surface area contributed by atoms with Crippen molar-refractivity contribution in [2.24, 2.45) is 0 Å². The van der Waals surface area contributed by atoms with Gasteiger partial charge < -0.3 is 24.6 Å². The molecule has 1 atom stereocenters. The molecule has 2 aliphatic rings. The van der Waals surface area contributed by atoms with Crippen LogP contribution in [0.1, 0.15) is 46.8 Å². The molecule has 2 aliphatic heterocycles. The maximum atomic E-state index is 15.6. The Balaban J connectivity index is 1.13. The van der Waals surface area contributed by atoms with Crippen LogP contribution >= 0.6 is 0 Å². The summed E-state index contributed by atoms with van der Waals surface area (Å²) in [6.07, 6.45) is 3.04. The van der Waals surface area contributed by atoms with E-state index in [2.05, 4.69) is 5.32 Å². The molecule has 47 heavy (non-hydrogen) atoms. The van der Waals surface area contributed by atoms with Gasteiger partial charge in [-0.2, -0.15) is 0 Å². The average Bonchev–Trinajstić information content (AvgIpc) is 3.42. The first-order valence-electron chi connectivity index (χ1n) is 16.3. The monoisotopic (exact) mass is 637 g/mol. The molecule has 1 aromatic heterocycles. The molecule has 4 aromatic rings. The van der Waals surface area contributed by atoms with Gasteiger partial charge in [0.05, 0.1) is 11.2 Å². The van der Waals surface area contributed by atoms with E-state index in [4.69, 9.17) is 0 Å². The van der Waals surface area contributed by atoms with Gasteiger partial charge in [0.25, 0.3) is 5.91 Å². The molecule has 3 aromatic carbocycles. The predicted molar refractivity (Wildman–Crippen MR) is 180 cm³/mol. The van der Waals surface area contributed by atoms with Gasteiger partial charge in [-0.15, -0.1) is 0 Å². The lowest BCUT2D eigenvalue weighted by Crippen LogP contribution is -2.49. The minimum atomic E-state index is -0.735. The van der Waals surface area contributed by atoms with Crippen molar-refractivity contribution in [3.8, 4) is 0 Å². The number of aromatic nitrogens is 1. The van der Waals surface area contributed by atoms with Crippen molar-refractivity contribution in [1.82, 2.24) is 19.7 Å². The summed E-state index contributed by atoms with van der Waals surface area (Å²) in [5.74, 6) is -1.32. The molecule has 3 amide bonds. The Morgan fingerprint density at radius 2 is 1.64 bits per heavy atom. The van der Waals surface area contributed by atoms with E-state index >= 15 is 4.39 Å². The molecule has 3 heterocycles. The van der Waals surface area contributed by atoms with E-state index in [1.54, 1.807) is 15.5 Å². The lowest BCUT2D eigenvalue weighted by atomic mass is 10.1. The Labute approximate surface area is 273 Å². The average molecular weight is 638 g/mol. The summed E-state index contributed by atoms with van der Waals surface area (Å²) in [4.78, 5) is 58.3. The highest BCUT2D eigenvalue weighted by Gasteiger charge is 2.33. The molecule has 0 saturated carbocycles. The minimum Gasteiger partial charge on any atom is -0.366 e. The zero-order chi connectivity index (χ0) is 33.1. The summed E-state index contributed by atoms with van der Waals surface area (Å²) in [6, 6.07) is 20.0. The van der Waals surface area contributed by atoms with E-state index in [0.29, 0.717) is 76.3 Å². The number of carbonyl (C=O) groups excluding carboxylic acids is 3. The first-order valence-corrected chi connectivity index (χ1v) is 16.3. The van der Waals surface area contributed by atoms with Crippen LogP contribution in [-0.4, -0.2) is 70.9 Å². The second kappa shape index (κ2) is 13.8. The van der Waals surface area contributed by atoms with Gasteiger partial charge in [-0.25, -0.2) is 4.39 Å². The Bertz CT molecular complexity index is 1850. The summed E-state index contributed by atoms with van der Waals surface area (Å²) in [7, 11) is 0. The van der Waals surface area contributed by atoms with Gasteiger partial charge in [-0.3, -0.25) is 19.2 Å². The molecule has 0 radical (unpaired) electrons. The summed E-state index contributed by atoms with van der Waals surface area (Å²) in [5.41, 5.74) is 3.44. The van der Waals surface area contributed by atoms with Crippen molar-refractivity contribution in [3.63, 3.8) is 0 Å². The topological polar surface area (TPSA) is 95.0 Å². The number of anilines is 1. The van der Waals surface area contributed by atoms with Crippen molar-refractivity contribution < 1.29 is 18.8 Å². The Kier molecular flexibility index (Phi) is 9.38. The molecule has 2 fully saturated rings. The number of hydrogen-bond acceptors (Lipinski definition) is 5. The van der Waals surface area contributed by atoms with Gasteiger partial charge in [0.2, 0.25) is 17.2 Å². The maximum absolute atomic E-state index is 15.6. The molecular weight excluding hydrogens is 597 g/mol. The van der Waals surface area contributed by atoms with Crippen molar-refractivity contribution in [2.45, 2.75) is 52.2 Å². The van der Waals surface area contributed by atoms with E-state index < -0.39 is 23.2 Å². The molecule has 10 heteroatoms. The van der Waals surface area contributed by atoms with Crippen LogP contribution in [0.25, 0.3) is 10.9 Å². The van der Waals surface area contributed by atoms with Crippen molar-refractivity contribution in [3.05, 3.63) is 111 Å². The molecule has 2 saturated heterocycles. The van der Waals surface area contributed by atoms with Crippen LogP contribution in [0.3, 0.4) is 0 Å². The number of halogens is 1. The van der Waals surface area contributed by atoms with Crippen LogP contribution < -0.4 is 15.6 Å². The number of carbonyl (C=O) groups is 3. The second-order valence-corrected chi connectivity index (χ2v) is 12.4. The van der Waals surface area contributed by atoms with Crippen LogP contribution in [0.2, 0.25) is 0 Å². The summed E-state index contributed by atoms with van der Waals surface area (Å²) >= 11 is 0. The number of pyridine rings is 1. The molecule has 6 rings (SSSR count). The zero-order valence-corrected chi connectivity index (χ0v) is 26.9. The van der Waals surface area contributed by atoms with Gasteiger partial charge >= 0.3 is 0 Å². The number of benzene rings is 3. The van der Waals surface area contributed by atoms with Gasteiger partial charge in [0, 0.05) is 63.8 Å². The third-order valence-corrected chi connectivity index (χ3v) is 9.27. The molecule has 1 unspecified atom stereocenters. The second-order valence-electron chi connectivity index (χ2n) is 12.4. The fourth-order valence-corrected chi connectivity index (χ4v) is 6.50. The third-order valence-electron chi connectivity index (χ3n) is 9.27. The molecule has 0 spiro atoms. The number of rotatable bonds is 9. The molecule has 1 N–H and O–H groups in total. The van der Waals surface area contributed by atoms with E-state index in [1.165, 1.54) is 12.3 Å². The van der Waals surface area contributed by atoms with Gasteiger partial charge in [0.15, 0.2) is 0 Å². The zero-order valence-electron chi connectivity index (χ0n) is 26.9. The summed E-state index contributed by atoms with van der Waals surface area (Å²) in [6.45, 7) is 7.17. The molecule has 0 aliphatic carbocycles. The highest BCUT2D eigenvalue weighted by Crippen LogP contribution is 2.27. The lowest BCUT2D eigenvalue weighted by molar-refractivity contribution is -0.131. The van der Waals surface area contributed by atoms with Crippen LogP contribution in [0.4, 0.5) is 10.1 Å². The summed E-state index contributed by atoms with van der Waals surface area (Å²) in [5, 5.41) is 2.86. The molecular formula is C37H40FN5O4. The van der Waals surface area contributed by atoms with Gasteiger partial charge in [0.1, 0.15) is 17.4 Å². The summed E-state index contributed by atoms with van der Waals surface area (Å²) < 4.78 is 17.4. The van der Waals surface area contributed by atoms with Crippen molar-refractivity contribution in [1.29, 1.82) is 0 Å². The van der Waals surface area contributed by atoms with Crippen LogP contribution in [-0.2, 0) is 29.1 Å². The van der Waals surface area contributed by atoms with Crippen LogP contribution in [0, 0.1) is 12.7 Å². The highest BCUT2D eigenvalue weighted by molar-refractivity contribution is 6.00. The number of fused-ring (bicyclic) bond motifs is 1. The Morgan fingerprint density at radius 3 is 2.34 bits per heavy atom. The fourth-order valence-electron chi connectivity index (χ4n) is 6.50. The normalized spacial score (nSPS) is 16.6. The lowest BCUT2D eigenvalue weighted by Gasteiger charge is -2.36. The highest BCUT2D eigenvalue weighted by atomic mass is 19.1. The van der Waals surface area contributed by atoms with E-state index in [0.717, 1.165) is 16.7 Å². The SMILES string of the molecule is CCn1cc(C(=O)NC2CCN(Cc3ccc(C)cc3)C2=O)c(=O)c2cc(F)c(N3CCN(C(=O)CCc4ccccc4)CC3)cc21. The quantitative estimate of drug-likeness (QED) is 0.296. The first kappa shape index (κ1) is 32.0. The largest absolute Gasteiger partial charge is 0.366 e. The number of piperazine rings is 1. The molecule has 9 nitrogen and oxygen atoms in total. The number of nitrogens with zero attached hydrogens (tertiary/aromatic N) is 4. The number of hydrogen-bond donors (Lipinski definition) is 1. The fraction of sp³-hybridized carbons (Fsp3) is 0.351. The minimum absolute atomic E-state index is 0.0800. The number of aryl methyl sites for hydroxylation is 3. The smallest absolute Gasteiger partial charge is 0.257 e. The predicted octanol–water partition coefficient (Wildman–Crippen LogP) is 4.28. The van der Waals surface area contributed by atoms with E-state index in [1.807, 2.05) is 78.2 Å². The van der Waals surface area contributed by atoms with E-state index in [-0.39, 0.29) is 22.8 Å². The number of nitrogens with one attached hydrogen (secondary N) is 1. The van der Waals surface area contributed by atoms with Crippen LogP contribution in [0.5, 0.6) is 0 Å². The van der Waals surface area contributed by atoms with Crippen molar-refractivity contribution >= 4 is 34.3 Å². The van der Waals surface area contributed by atoms with E-state index in [9.17, 15) is 19.2 Å². The number of amides is 3. The number of likely N-dealkylation sites (tertiary alicyclic amines) is 1. The van der Waals surface area contributed by atoms with Gasteiger partial charge in [-0.05, 0) is 49.9 Å². The Hall–Kier alpha value is -4.99. The van der Waals surface area contributed by atoms with Crippen LogP contribution in [0.15, 0.2) is 77.7 Å². The standard InChI is InChI=1S/C37H40FN5O4/c1-3-40-24-29(36(46)39-31-15-16-43(37(31)47)23-27-11-9-25(2)10-12-27)35(45)28-21-30(38)33(22-32(28)40)41-17-19-42(20-18-41)34(44)14-13-26-7-5-4-6-8-26/h4-12,21-22,24,31H,3,13-20,23H2,1-2H3,(H,39,46).